The normalized spacial score (nSPS) is 18.3. The van der Waals surface area contributed by atoms with Crippen molar-refractivity contribution in [1.82, 2.24) is 4.31 Å². The number of sulfonamides is 1. The zero-order chi connectivity index (χ0) is 19.1. The lowest BCUT2D eigenvalue weighted by atomic mass is 9.96. The first-order valence-electron chi connectivity index (χ1n) is 7.58. The van der Waals surface area contributed by atoms with Crippen LogP contribution >= 0.6 is 0 Å². The fraction of sp³-hybridized carbons (Fsp3) is 0.235. The van der Waals surface area contributed by atoms with E-state index in [4.69, 9.17) is 0 Å². The Balaban J connectivity index is 2.14. The summed E-state index contributed by atoms with van der Waals surface area (Å²) in [7, 11) is -4.72. The zero-order valence-electron chi connectivity index (χ0n) is 13.2. The predicted octanol–water partition coefficient (Wildman–Crippen LogP) is 1.57. The molecule has 0 radical (unpaired) electrons. The molecule has 138 valence electrons. The van der Waals surface area contributed by atoms with Gasteiger partial charge in [0.2, 0.25) is 10.0 Å². The van der Waals surface area contributed by atoms with Crippen molar-refractivity contribution in [3.05, 3.63) is 65.2 Å². The molecule has 0 amide bonds. The lowest BCUT2D eigenvalue weighted by Crippen LogP contribution is -2.53. The fourth-order valence-corrected chi connectivity index (χ4v) is 4.77. The molecule has 0 unspecified atom stereocenters. The van der Waals surface area contributed by atoms with Gasteiger partial charge in [0.05, 0.1) is 22.5 Å². The number of hydrogen-bond donors (Lipinski definition) is 0. The number of fused-ring (bicyclic) bond motifs is 1. The molecule has 0 aromatic heterocycles. The van der Waals surface area contributed by atoms with Gasteiger partial charge in [0, 0.05) is 6.54 Å². The highest BCUT2D eigenvalue weighted by Crippen LogP contribution is 2.37. The molecule has 1 aliphatic heterocycles. The molecule has 0 spiro atoms. The monoisotopic (exact) mass is 384 g/mol. The van der Waals surface area contributed by atoms with E-state index in [2.05, 4.69) is 0 Å². The number of carboxylic acids is 1. The van der Waals surface area contributed by atoms with Gasteiger partial charge >= 0.3 is 6.18 Å². The largest absolute Gasteiger partial charge is 0.548 e. The second-order valence-corrected chi connectivity index (χ2v) is 7.71. The van der Waals surface area contributed by atoms with Crippen molar-refractivity contribution in [3.63, 3.8) is 0 Å². The van der Waals surface area contributed by atoms with E-state index in [0.717, 1.165) is 18.2 Å². The van der Waals surface area contributed by atoms with Gasteiger partial charge in [-0.25, -0.2) is 8.42 Å². The average Bonchev–Trinajstić information content (AvgIpc) is 2.59. The first-order valence-corrected chi connectivity index (χ1v) is 9.02. The van der Waals surface area contributed by atoms with Crippen LogP contribution in [0.5, 0.6) is 0 Å². The number of benzene rings is 2. The molecule has 9 heteroatoms. The van der Waals surface area contributed by atoms with Crippen LogP contribution in [0.25, 0.3) is 0 Å². The third kappa shape index (κ3) is 3.19. The summed E-state index contributed by atoms with van der Waals surface area (Å²) in [5.41, 5.74) is -0.175. The lowest BCUT2D eigenvalue weighted by molar-refractivity contribution is -0.310. The number of hydrogen-bond acceptors (Lipinski definition) is 4. The average molecular weight is 384 g/mol. The topological polar surface area (TPSA) is 77.5 Å². The van der Waals surface area contributed by atoms with Crippen LogP contribution in [0.3, 0.4) is 0 Å². The van der Waals surface area contributed by atoms with Crippen molar-refractivity contribution in [1.29, 1.82) is 0 Å². The number of aliphatic carboxylic acids is 1. The van der Waals surface area contributed by atoms with Crippen LogP contribution in [0.1, 0.15) is 16.7 Å². The van der Waals surface area contributed by atoms with Gasteiger partial charge in [-0.05, 0) is 29.7 Å². The molecule has 0 saturated carbocycles. The highest BCUT2D eigenvalue weighted by atomic mass is 32.2. The number of halogens is 3. The second-order valence-electron chi connectivity index (χ2n) is 5.85. The Labute approximate surface area is 147 Å². The van der Waals surface area contributed by atoms with E-state index in [1.54, 1.807) is 24.3 Å². The van der Waals surface area contributed by atoms with E-state index in [-0.39, 0.29) is 13.0 Å². The first-order chi connectivity index (χ1) is 12.1. The zero-order valence-corrected chi connectivity index (χ0v) is 14.0. The van der Waals surface area contributed by atoms with E-state index in [0.29, 0.717) is 21.5 Å². The molecular formula is C17H13F3NO4S-. The van der Waals surface area contributed by atoms with Gasteiger partial charge in [-0.2, -0.15) is 17.5 Å². The van der Waals surface area contributed by atoms with Crippen LogP contribution in [0, 0.1) is 0 Å². The van der Waals surface area contributed by atoms with Crippen LogP contribution in [0.15, 0.2) is 53.4 Å². The number of carboxylic acid groups (broad SMARTS) is 1. The van der Waals surface area contributed by atoms with Crippen LogP contribution in [-0.2, 0) is 34.0 Å². The van der Waals surface area contributed by atoms with Crippen molar-refractivity contribution >= 4 is 16.0 Å². The van der Waals surface area contributed by atoms with Gasteiger partial charge < -0.3 is 9.90 Å². The summed E-state index contributed by atoms with van der Waals surface area (Å²) in [5, 5.41) is 11.5. The van der Waals surface area contributed by atoms with E-state index in [9.17, 15) is 31.5 Å². The maximum atomic E-state index is 13.2. The van der Waals surface area contributed by atoms with Gasteiger partial charge in [0.15, 0.2) is 0 Å². The molecule has 0 bridgehead atoms. The lowest BCUT2D eigenvalue weighted by Gasteiger charge is -2.36. The van der Waals surface area contributed by atoms with Crippen molar-refractivity contribution in [2.45, 2.75) is 30.1 Å². The van der Waals surface area contributed by atoms with E-state index < -0.39 is 38.7 Å². The molecule has 0 aliphatic carbocycles. The molecule has 0 fully saturated rings. The van der Waals surface area contributed by atoms with Crippen LogP contribution in [-0.4, -0.2) is 24.7 Å². The molecule has 0 N–H and O–H groups in total. The standard InChI is InChI=1S/C17H14F3NO4S/c18-17(19,20)13-7-3-4-8-15(13)26(24,25)21-10-12-6-2-1-5-11(12)9-14(21)16(22)23/h1-8,14H,9-10H2,(H,22,23)/p-1/t14-/m0/s1. The maximum absolute atomic E-state index is 13.2. The Bertz CT molecular complexity index is 956. The summed E-state index contributed by atoms with van der Waals surface area (Å²) in [6.07, 6.45) is -5.07. The highest BCUT2D eigenvalue weighted by Gasteiger charge is 2.42. The number of alkyl halides is 3. The summed E-state index contributed by atoms with van der Waals surface area (Å²) >= 11 is 0. The summed E-state index contributed by atoms with van der Waals surface area (Å²) in [6.45, 7) is -0.344. The van der Waals surface area contributed by atoms with E-state index >= 15 is 0 Å². The molecular weight excluding hydrogens is 371 g/mol. The Kier molecular flexibility index (Phi) is 4.53. The van der Waals surface area contributed by atoms with Gasteiger partial charge in [-0.15, -0.1) is 0 Å². The Morgan fingerprint density at radius 2 is 1.62 bits per heavy atom. The summed E-state index contributed by atoms with van der Waals surface area (Å²) in [4.78, 5) is 10.5. The van der Waals surface area contributed by atoms with Crippen LogP contribution in [0.4, 0.5) is 13.2 Å². The van der Waals surface area contributed by atoms with Gasteiger partial charge in [0.1, 0.15) is 0 Å². The third-order valence-corrected chi connectivity index (χ3v) is 6.17. The van der Waals surface area contributed by atoms with E-state index in [1.807, 2.05) is 0 Å². The molecule has 2 aromatic carbocycles. The molecule has 2 aromatic rings. The minimum Gasteiger partial charge on any atom is -0.548 e. The number of nitrogens with zero attached hydrogens (tertiary/aromatic N) is 1. The third-order valence-electron chi connectivity index (χ3n) is 4.26. The minimum atomic E-state index is -4.89. The van der Waals surface area contributed by atoms with Crippen molar-refractivity contribution in [2.75, 3.05) is 0 Å². The van der Waals surface area contributed by atoms with E-state index in [1.165, 1.54) is 0 Å². The SMILES string of the molecule is O=C([O-])[C@@H]1Cc2ccccc2CN1S(=O)(=O)c1ccccc1C(F)(F)F. The predicted molar refractivity (Wildman–Crippen MR) is 83.1 cm³/mol. The van der Waals surface area contributed by atoms with Gasteiger partial charge in [0.25, 0.3) is 0 Å². The van der Waals surface area contributed by atoms with Crippen molar-refractivity contribution in [3.8, 4) is 0 Å². The van der Waals surface area contributed by atoms with Crippen LogP contribution < -0.4 is 5.11 Å². The molecule has 1 aliphatic rings. The summed E-state index contributed by atoms with van der Waals surface area (Å²) in [6, 6.07) is 8.71. The Hall–Kier alpha value is -2.39. The number of carbonyl (C=O) groups excluding carboxylic acids is 1. The highest BCUT2D eigenvalue weighted by molar-refractivity contribution is 7.89. The fourth-order valence-electron chi connectivity index (χ4n) is 3.00. The van der Waals surface area contributed by atoms with Crippen LogP contribution in [0.2, 0.25) is 0 Å². The summed E-state index contributed by atoms with van der Waals surface area (Å²) in [5.74, 6) is -1.66. The maximum Gasteiger partial charge on any atom is 0.417 e. The molecule has 5 nitrogen and oxygen atoms in total. The molecule has 26 heavy (non-hydrogen) atoms. The smallest absolute Gasteiger partial charge is 0.417 e. The summed E-state index contributed by atoms with van der Waals surface area (Å²) < 4.78 is 66.1. The Morgan fingerprint density at radius 1 is 1.04 bits per heavy atom. The molecule has 1 heterocycles. The second kappa shape index (κ2) is 6.40. The van der Waals surface area contributed by atoms with Crippen molar-refractivity contribution < 1.29 is 31.5 Å². The van der Waals surface area contributed by atoms with Crippen molar-refractivity contribution in [2.24, 2.45) is 0 Å². The first kappa shape index (κ1) is 18.4. The molecule has 1 atom stereocenters. The molecule has 0 saturated heterocycles. The van der Waals surface area contributed by atoms with Gasteiger partial charge in [-0.3, -0.25) is 0 Å². The minimum absolute atomic E-state index is 0.175. The number of rotatable bonds is 3. The number of carbonyl (C=O) groups is 1. The Morgan fingerprint density at radius 3 is 2.23 bits per heavy atom. The molecule has 3 rings (SSSR count). The van der Waals surface area contributed by atoms with Gasteiger partial charge in [-0.1, -0.05) is 36.4 Å². The quantitative estimate of drug-likeness (QED) is 0.805.